The van der Waals surface area contributed by atoms with Gasteiger partial charge in [-0.25, -0.2) is 4.98 Å². The maximum absolute atomic E-state index is 12.3. The highest BCUT2D eigenvalue weighted by Crippen LogP contribution is 2.18. The zero-order valence-electron chi connectivity index (χ0n) is 11.4. The van der Waals surface area contributed by atoms with Crippen LogP contribution in [0.5, 0.6) is 0 Å². The van der Waals surface area contributed by atoms with Gasteiger partial charge in [-0.15, -0.1) is 0 Å². The Bertz CT molecular complexity index is 789. The average Bonchev–Trinajstić information content (AvgIpc) is 2.76. The number of hydrogen-bond donors (Lipinski definition) is 1. The van der Waals surface area contributed by atoms with E-state index in [1.807, 2.05) is 67.1 Å². The number of imidazole rings is 1. The van der Waals surface area contributed by atoms with Crippen LogP contribution in [0.25, 0.3) is 11.0 Å². The predicted molar refractivity (Wildman–Crippen MR) is 79.8 cm³/mol. The van der Waals surface area contributed by atoms with Gasteiger partial charge in [0, 0.05) is 12.6 Å². The number of fused-ring (bicyclic) bond motifs is 1. The van der Waals surface area contributed by atoms with Gasteiger partial charge >= 0.3 is 0 Å². The van der Waals surface area contributed by atoms with Crippen molar-refractivity contribution in [1.82, 2.24) is 9.55 Å². The number of aromatic nitrogens is 2. The van der Waals surface area contributed by atoms with E-state index in [0.29, 0.717) is 11.5 Å². The highest BCUT2D eigenvalue weighted by Gasteiger charge is 2.13. The number of anilines is 1. The topological polar surface area (TPSA) is 46.9 Å². The summed E-state index contributed by atoms with van der Waals surface area (Å²) >= 11 is 0. The second-order valence-electron chi connectivity index (χ2n) is 4.75. The van der Waals surface area contributed by atoms with Crippen molar-refractivity contribution in [3.05, 3.63) is 59.7 Å². The van der Waals surface area contributed by atoms with Crippen LogP contribution in [-0.2, 0) is 7.05 Å². The van der Waals surface area contributed by atoms with E-state index >= 15 is 0 Å². The van der Waals surface area contributed by atoms with E-state index in [1.54, 1.807) is 0 Å². The molecule has 4 heteroatoms. The standard InChI is InChI=1S/C16H15N3O/c1-11-7-3-4-8-12(11)15(20)18-16-17-13-9-5-6-10-14(13)19(16)2/h3-10H,1-2H3,(H,17,18,20). The highest BCUT2D eigenvalue weighted by atomic mass is 16.1. The first-order chi connectivity index (χ1) is 9.66. The van der Waals surface area contributed by atoms with E-state index in [4.69, 9.17) is 0 Å². The summed E-state index contributed by atoms with van der Waals surface area (Å²) in [4.78, 5) is 16.7. The normalized spacial score (nSPS) is 10.7. The van der Waals surface area contributed by atoms with Crippen LogP contribution in [0.3, 0.4) is 0 Å². The van der Waals surface area contributed by atoms with Crippen molar-refractivity contribution in [2.45, 2.75) is 6.92 Å². The Hall–Kier alpha value is -2.62. The molecule has 0 radical (unpaired) electrons. The number of hydrogen-bond acceptors (Lipinski definition) is 2. The summed E-state index contributed by atoms with van der Waals surface area (Å²) in [6.07, 6.45) is 0. The molecule has 4 nitrogen and oxygen atoms in total. The first-order valence-corrected chi connectivity index (χ1v) is 6.45. The Morgan fingerprint density at radius 3 is 2.55 bits per heavy atom. The number of amides is 1. The minimum Gasteiger partial charge on any atom is -0.313 e. The lowest BCUT2D eigenvalue weighted by atomic mass is 10.1. The molecule has 0 aliphatic rings. The molecule has 1 N–H and O–H groups in total. The van der Waals surface area contributed by atoms with E-state index in [0.717, 1.165) is 16.6 Å². The summed E-state index contributed by atoms with van der Waals surface area (Å²) in [6.45, 7) is 1.92. The quantitative estimate of drug-likeness (QED) is 0.773. The molecule has 1 aromatic heterocycles. The van der Waals surface area contributed by atoms with Gasteiger partial charge in [-0.2, -0.15) is 0 Å². The molecule has 0 saturated carbocycles. The molecule has 0 fully saturated rings. The molecule has 0 atom stereocenters. The summed E-state index contributed by atoms with van der Waals surface area (Å²) in [7, 11) is 1.89. The Balaban J connectivity index is 1.96. The van der Waals surface area contributed by atoms with Crippen LogP contribution >= 0.6 is 0 Å². The van der Waals surface area contributed by atoms with E-state index in [-0.39, 0.29) is 5.91 Å². The molecule has 0 spiro atoms. The zero-order valence-corrected chi connectivity index (χ0v) is 11.4. The highest BCUT2D eigenvalue weighted by molar-refractivity contribution is 6.05. The van der Waals surface area contributed by atoms with Crippen LogP contribution in [0.1, 0.15) is 15.9 Å². The van der Waals surface area contributed by atoms with Crippen LogP contribution in [-0.4, -0.2) is 15.5 Å². The van der Waals surface area contributed by atoms with Crippen molar-refractivity contribution in [3.8, 4) is 0 Å². The largest absolute Gasteiger partial charge is 0.313 e. The third-order valence-corrected chi connectivity index (χ3v) is 3.40. The minimum absolute atomic E-state index is 0.137. The number of nitrogens with one attached hydrogen (secondary N) is 1. The van der Waals surface area contributed by atoms with Gasteiger partial charge in [0.25, 0.3) is 5.91 Å². The van der Waals surface area contributed by atoms with E-state index in [1.165, 1.54) is 0 Å². The molecule has 0 aliphatic heterocycles. The molecular formula is C16H15N3O. The van der Waals surface area contributed by atoms with Gasteiger partial charge in [-0.05, 0) is 30.7 Å². The summed E-state index contributed by atoms with van der Waals surface area (Å²) in [5.41, 5.74) is 3.48. The summed E-state index contributed by atoms with van der Waals surface area (Å²) in [6, 6.07) is 15.3. The van der Waals surface area contributed by atoms with Crippen molar-refractivity contribution in [2.75, 3.05) is 5.32 Å². The molecule has 20 heavy (non-hydrogen) atoms. The van der Waals surface area contributed by atoms with E-state index in [9.17, 15) is 4.79 Å². The van der Waals surface area contributed by atoms with Gasteiger partial charge in [0.05, 0.1) is 11.0 Å². The maximum Gasteiger partial charge on any atom is 0.258 e. The lowest BCUT2D eigenvalue weighted by Crippen LogP contribution is -2.16. The fourth-order valence-electron chi connectivity index (χ4n) is 2.25. The molecule has 0 aliphatic carbocycles. The molecule has 100 valence electrons. The summed E-state index contributed by atoms with van der Waals surface area (Å²) < 4.78 is 1.88. The van der Waals surface area contributed by atoms with Crippen molar-refractivity contribution in [2.24, 2.45) is 7.05 Å². The van der Waals surface area contributed by atoms with Crippen LogP contribution in [0.2, 0.25) is 0 Å². The lowest BCUT2D eigenvalue weighted by molar-refractivity contribution is 0.102. The van der Waals surface area contributed by atoms with Gasteiger partial charge in [-0.1, -0.05) is 30.3 Å². The third kappa shape index (κ3) is 2.05. The molecule has 1 heterocycles. The van der Waals surface area contributed by atoms with Crippen molar-refractivity contribution in [3.63, 3.8) is 0 Å². The predicted octanol–water partition coefficient (Wildman–Crippen LogP) is 3.13. The molecule has 0 unspecified atom stereocenters. The number of carbonyl (C=O) groups is 1. The first-order valence-electron chi connectivity index (χ1n) is 6.45. The number of aryl methyl sites for hydroxylation is 2. The molecule has 3 rings (SSSR count). The van der Waals surface area contributed by atoms with Crippen LogP contribution in [0.4, 0.5) is 5.95 Å². The van der Waals surface area contributed by atoms with E-state index < -0.39 is 0 Å². The Morgan fingerprint density at radius 1 is 1.10 bits per heavy atom. The fourth-order valence-corrected chi connectivity index (χ4v) is 2.25. The van der Waals surface area contributed by atoms with Crippen molar-refractivity contribution in [1.29, 1.82) is 0 Å². The number of rotatable bonds is 2. The average molecular weight is 265 g/mol. The van der Waals surface area contributed by atoms with E-state index in [2.05, 4.69) is 10.3 Å². The maximum atomic E-state index is 12.3. The molecule has 1 amide bonds. The van der Waals surface area contributed by atoms with Gasteiger partial charge in [-0.3, -0.25) is 10.1 Å². The second-order valence-corrected chi connectivity index (χ2v) is 4.75. The van der Waals surface area contributed by atoms with Gasteiger partial charge in [0.15, 0.2) is 0 Å². The molecule has 2 aromatic carbocycles. The van der Waals surface area contributed by atoms with Gasteiger partial charge in [0.1, 0.15) is 0 Å². The van der Waals surface area contributed by atoms with Crippen molar-refractivity contribution < 1.29 is 4.79 Å². The number of para-hydroxylation sites is 2. The molecule has 0 saturated heterocycles. The number of benzene rings is 2. The van der Waals surface area contributed by atoms with Gasteiger partial charge < -0.3 is 4.57 Å². The summed E-state index contributed by atoms with van der Waals surface area (Å²) in [5, 5.41) is 2.87. The van der Waals surface area contributed by atoms with Gasteiger partial charge in [0.2, 0.25) is 5.95 Å². The smallest absolute Gasteiger partial charge is 0.258 e. The third-order valence-electron chi connectivity index (χ3n) is 3.40. The minimum atomic E-state index is -0.137. The van der Waals surface area contributed by atoms with Crippen LogP contribution in [0.15, 0.2) is 48.5 Å². The lowest BCUT2D eigenvalue weighted by Gasteiger charge is -2.07. The Labute approximate surface area is 117 Å². The molecular weight excluding hydrogens is 250 g/mol. The second kappa shape index (κ2) is 4.81. The SMILES string of the molecule is Cc1ccccc1C(=O)Nc1nc2ccccc2n1C. The number of nitrogens with zero attached hydrogens (tertiary/aromatic N) is 2. The Kier molecular flexibility index (Phi) is 2.99. The summed E-state index contributed by atoms with van der Waals surface area (Å²) in [5.74, 6) is 0.418. The Morgan fingerprint density at radius 2 is 1.80 bits per heavy atom. The molecule has 0 bridgehead atoms. The van der Waals surface area contributed by atoms with Crippen LogP contribution < -0.4 is 5.32 Å². The fraction of sp³-hybridized carbons (Fsp3) is 0.125. The monoisotopic (exact) mass is 265 g/mol. The number of carbonyl (C=O) groups excluding carboxylic acids is 1. The zero-order chi connectivity index (χ0) is 14.1. The first kappa shape index (κ1) is 12.4. The van der Waals surface area contributed by atoms with Crippen LogP contribution in [0, 0.1) is 6.92 Å². The van der Waals surface area contributed by atoms with Crippen molar-refractivity contribution >= 4 is 22.9 Å². The molecule has 3 aromatic rings.